The molecule has 1 aliphatic heterocycles. The maximum atomic E-state index is 13.4. The quantitative estimate of drug-likeness (QED) is 0.636. The molecular weight excluding hydrogens is 397 g/mol. The van der Waals surface area contributed by atoms with Gasteiger partial charge in [-0.25, -0.2) is 9.07 Å². The molecule has 1 aliphatic rings. The molecule has 0 spiro atoms. The fraction of sp³-hybridized carbons (Fsp3) is 0.304. The van der Waals surface area contributed by atoms with Gasteiger partial charge in [-0.15, -0.1) is 5.10 Å². The minimum atomic E-state index is -0.344. The van der Waals surface area contributed by atoms with Crippen molar-refractivity contribution >= 4 is 11.8 Å². The summed E-state index contributed by atoms with van der Waals surface area (Å²) in [6.07, 6.45) is 3.52. The molecule has 1 fully saturated rings. The Morgan fingerprint density at radius 1 is 1.10 bits per heavy atom. The fourth-order valence-corrected chi connectivity index (χ4v) is 3.85. The summed E-state index contributed by atoms with van der Waals surface area (Å²) >= 11 is 0. The Balaban J connectivity index is 1.33. The third kappa shape index (κ3) is 5.33. The molecule has 160 valence electrons. The average Bonchev–Trinajstić information content (AvgIpc) is 3.43. The summed E-state index contributed by atoms with van der Waals surface area (Å²) in [4.78, 5) is 26.9. The Hall–Kier alpha value is -3.55. The maximum absolute atomic E-state index is 13.4. The highest BCUT2D eigenvalue weighted by Crippen LogP contribution is 2.20. The Morgan fingerprint density at radius 2 is 1.90 bits per heavy atom. The second-order valence-corrected chi connectivity index (χ2v) is 7.68. The zero-order valence-corrected chi connectivity index (χ0v) is 17.1. The van der Waals surface area contributed by atoms with Crippen molar-refractivity contribution in [3.8, 4) is 0 Å². The van der Waals surface area contributed by atoms with Gasteiger partial charge in [-0.3, -0.25) is 9.59 Å². The van der Waals surface area contributed by atoms with E-state index < -0.39 is 0 Å². The average molecular weight is 421 g/mol. The molecule has 0 radical (unpaired) electrons. The van der Waals surface area contributed by atoms with E-state index >= 15 is 0 Å². The molecule has 3 aromatic rings. The first-order chi connectivity index (χ1) is 15.1. The number of hydrogen-bond acceptors (Lipinski definition) is 4. The second kappa shape index (κ2) is 9.51. The van der Waals surface area contributed by atoms with Crippen LogP contribution in [0.2, 0.25) is 0 Å². The topological polar surface area (TPSA) is 80.1 Å². The molecule has 2 aromatic carbocycles. The number of likely N-dealkylation sites (tertiary alicyclic amines) is 1. The lowest BCUT2D eigenvalue weighted by Crippen LogP contribution is -2.39. The van der Waals surface area contributed by atoms with Crippen molar-refractivity contribution in [1.29, 1.82) is 0 Å². The van der Waals surface area contributed by atoms with Crippen molar-refractivity contribution in [2.75, 3.05) is 6.54 Å². The standard InChI is InChI=1S/C23H24FN5O2/c24-19-9-4-8-18(12-19)13-22(30)29-11-5-10-20(29)15-28-16-21(26-27-28)23(31)25-14-17-6-2-1-3-7-17/h1-4,6-9,12,16,20H,5,10-11,13-15H2,(H,25,31). The molecule has 0 aliphatic carbocycles. The summed E-state index contributed by atoms with van der Waals surface area (Å²) in [7, 11) is 0. The van der Waals surface area contributed by atoms with Gasteiger partial charge in [0.05, 0.1) is 25.2 Å². The number of nitrogens with one attached hydrogen (secondary N) is 1. The van der Waals surface area contributed by atoms with Gasteiger partial charge in [0.25, 0.3) is 5.91 Å². The number of aromatic nitrogens is 3. The summed E-state index contributed by atoms with van der Waals surface area (Å²) in [6, 6.07) is 15.7. The highest BCUT2D eigenvalue weighted by atomic mass is 19.1. The molecule has 7 nitrogen and oxygen atoms in total. The van der Waals surface area contributed by atoms with Gasteiger partial charge in [0.1, 0.15) is 5.82 Å². The van der Waals surface area contributed by atoms with Crippen molar-refractivity contribution in [1.82, 2.24) is 25.2 Å². The van der Waals surface area contributed by atoms with E-state index in [1.807, 2.05) is 35.2 Å². The molecule has 1 N–H and O–H groups in total. The number of amides is 2. The van der Waals surface area contributed by atoms with E-state index in [-0.39, 0.29) is 35.8 Å². The molecule has 31 heavy (non-hydrogen) atoms. The third-order valence-electron chi connectivity index (χ3n) is 5.41. The maximum Gasteiger partial charge on any atom is 0.273 e. The van der Waals surface area contributed by atoms with Gasteiger partial charge in [0.2, 0.25) is 5.91 Å². The van der Waals surface area contributed by atoms with Gasteiger partial charge in [0.15, 0.2) is 5.69 Å². The van der Waals surface area contributed by atoms with Crippen molar-refractivity contribution in [2.24, 2.45) is 0 Å². The van der Waals surface area contributed by atoms with Crippen LogP contribution in [-0.2, 0) is 24.3 Å². The van der Waals surface area contributed by atoms with E-state index in [0.29, 0.717) is 25.2 Å². The van der Waals surface area contributed by atoms with Gasteiger partial charge in [0, 0.05) is 13.1 Å². The molecule has 4 rings (SSSR count). The first kappa shape index (κ1) is 20.7. The van der Waals surface area contributed by atoms with E-state index in [1.54, 1.807) is 23.0 Å². The lowest BCUT2D eigenvalue weighted by molar-refractivity contribution is -0.131. The molecule has 1 saturated heterocycles. The van der Waals surface area contributed by atoms with Crippen LogP contribution in [-0.4, -0.2) is 44.3 Å². The summed E-state index contributed by atoms with van der Waals surface area (Å²) in [5.41, 5.74) is 1.90. The van der Waals surface area contributed by atoms with Gasteiger partial charge >= 0.3 is 0 Å². The van der Waals surface area contributed by atoms with E-state index in [0.717, 1.165) is 18.4 Å². The lowest BCUT2D eigenvalue weighted by Gasteiger charge is -2.24. The van der Waals surface area contributed by atoms with Crippen LogP contribution in [0.1, 0.15) is 34.5 Å². The smallest absolute Gasteiger partial charge is 0.273 e. The van der Waals surface area contributed by atoms with Crippen LogP contribution in [0.5, 0.6) is 0 Å². The van der Waals surface area contributed by atoms with E-state index in [2.05, 4.69) is 15.6 Å². The molecule has 2 amide bonds. The van der Waals surface area contributed by atoms with Crippen LogP contribution in [0.3, 0.4) is 0 Å². The van der Waals surface area contributed by atoms with Crippen LogP contribution >= 0.6 is 0 Å². The molecule has 1 atom stereocenters. The van der Waals surface area contributed by atoms with E-state index in [4.69, 9.17) is 0 Å². The van der Waals surface area contributed by atoms with Crippen molar-refractivity contribution in [3.05, 3.63) is 83.4 Å². The summed E-state index contributed by atoms with van der Waals surface area (Å²) in [5.74, 6) is -0.668. The molecule has 0 saturated carbocycles. The molecular formula is C23H24FN5O2. The van der Waals surface area contributed by atoms with Gasteiger partial charge < -0.3 is 10.2 Å². The molecule has 0 bridgehead atoms. The highest BCUT2D eigenvalue weighted by molar-refractivity contribution is 5.91. The number of halogens is 1. The molecule has 8 heteroatoms. The van der Waals surface area contributed by atoms with Crippen LogP contribution < -0.4 is 5.32 Å². The van der Waals surface area contributed by atoms with Crippen LogP contribution in [0.4, 0.5) is 4.39 Å². The number of benzene rings is 2. The second-order valence-electron chi connectivity index (χ2n) is 7.68. The summed E-state index contributed by atoms with van der Waals surface area (Å²) < 4.78 is 15.0. The Morgan fingerprint density at radius 3 is 2.71 bits per heavy atom. The summed E-state index contributed by atoms with van der Waals surface area (Å²) in [6.45, 7) is 1.54. The van der Waals surface area contributed by atoms with Crippen molar-refractivity contribution in [3.63, 3.8) is 0 Å². The number of rotatable bonds is 7. The fourth-order valence-electron chi connectivity index (χ4n) is 3.85. The SMILES string of the molecule is O=C(NCc1ccccc1)c1cn(CC2CCCN2C(=O)Cc2cccc(F)c2)nn1. The number of hydrogen-bond donors (Lipinski definition) is 1. The Bertz CT molecular complexity index is 1050. The molecule has 1 aromatic heterocycles. The minimum absolute atomic E-state index is 0.0250. The van der Waals surface area contributed by atoms with Gasteiger partial charge in [-0.2, -0.15) is 0 Å². The predicted octanol–water partition coefficient (Wildman–Crippen LogP) is 2.58. The van der Waals surface area contributed by atoms with Gasteiger partial charge in [-0.05, 0) is 36.1 Å². The highest BCUT2D eigenvalue weighted by Gasteiger charge is 2.29. The van der Waals surface area contributed by atoms with E-state index in [1.165, 1.54) is 12.1 Å². The lowest BCUT2D eigenvalue weighted by atomic mass is 10.1. The number of nitrogens with zero attached hydrogens (tertiary/aromatic N) is 4. The van der Waals surface area contributed by atoms with Crippen molar-refractivity contribution in [2.45, 2.75) is 38.4 Å². The number of carbonyl (C=O) groups excluding carboxylic acids is 2. The normalized spacial score (nSPS) is 15.8. The first-order valence-corrected chi connectivity index (χ1v) is 10.3. The Kier molecular flexibility index (Phi) is 6.35. The first-order valence-electron chi connectivity index (χ1n) is 10.3. The number of carbonyl (C=O) groups is 2. The molecule has 1 unspecified atom stereocenters. The summed E-state index contributed by atoms with van der Waals surface area (Å²) in [5, 5.41) is 10.9. The third-order valence-corrected chi connectivity index (χ3v) is 5.41. The minimum Gasteiger partial charge on any atom is -0.347 e. The zero-order chi connectivity index (χ0) is 21.6. The van der Waals surface area contributed by atoms with Crippen LogP contribution in [0.15, 0.2) is 60.8 Å². The van der Waals surface area contributed by atoms with Gasteiger partial charge in [-0.1, -0.05) is 47.7 Å². The van der Waals surface area contributed by atoms with Crippen LogP contribution in [0, 0.1) is 5.82 Å². The van der Waals surface area contributed by atoms with E-state index in [9.17, 15) is 14.0 Å². The molecule has 2 heterocycles. The van der Waals surface area contributed by atoms with Crippen LogP contribution in [0.25, 0.3) is 0 Å². The zero-order valence-electron chi connectivity index (χ0n) is 17.1. The largest absolute Gasteiger partial charge is 0.347 e. The monoisotopic (exact) mass is 421 g/mol. The van der Waals surface area contributed by atoms with Crippen molar-refractivity contribution < 1.29 is 14.0 Å². The predicted molar refractivity (Wildman–Crippen MR) is 112 cm³/mol. The Labute approximate surface area is 179 Å².